The summed E-state index contributed by atoms with van der Waals surface area (Å²) < 4.78 is 4.89. The highest BCUT2D eigenvalue weighted by molar-refractivity contribution is 7.13. The molecule has 0 unspecified atom stereocenters. The molecule has 0 aliphatic heterocycles. The first-order valence-corrected chi connectivity index (χ1v) is 7.93. The van der Waals surface area contributed by atoms with Crippen LogP contribution in [0.25, 0.3) is 0 Å². The summed E-state index contributed by atoms with van der Waals surface area (Å²) in [6, 6.07) is 6.16. The highest BCUT2D eigenvalue weighted by Gasteiger charge is 2.07. The summed E-state index contributed by atoms with van der Waals surface area (Å²) in [5, 5.41) is 6.64. The number of thiazole rings is 1. The van der Waals surface area contributed by atoms with Crippen LogP contribution in [-0.4, -0.2) is 23.8 Å². The molecule has 1 N–H and O–H groups in total. The van der Waals surface area contributed by atoms with Gasteiger partial charge in [0, 0.05) is 5.38 Å². The Morgan fingerprint density at radius 2 is 2.23 bits per heavy atom. The van der Waals surface area contributed by atoms with Crippen molar-refractivity contribution in [1.82, 2.24) is 4.98 Å². The van der Waals surface area contributed by atoms with E-state index in [2.05, 4.69) is 41.5 Å². The third kappa shape index (κ3) is 4.66. The fourth-order valence-corrected chi connectivity index (χ4v) is 2.47. The van der Waals surface area contributed by atoms with Crippen LogP contribution in [0.5, 0.6) is 0 Å². The van der Waals surface area contributed by atoms with Crippen LogP contribution in [0.2, 0.25) is 0 Å². The maximum Gasteiger partial charge on any atom is 0.311 e. The molecule has 2 aromatic rings. The molecule has 0 spiro atoms. The van der Waals surface area contributed by atoms with E-state index in [1.807, 2.05) is 11.4 Å². The van der Waals surface area contributed by atoms with Crippen molar-refractivity contribution in [3.8, 4) is 0 Å². The molecule has 1 heterocycles. The summed E-state index contributed by atoms with van der Waals surface area (Å²) in [4.78, 5) is 15.7. The topological polar surface area (TPSA) is 63.6 Å². The van der Waals surface area contributed by atoms with Gasteiger partial charge in [0.25, 0.3) is 0 Å². The minimum Gasteiger partial charge on any atom is -0.466 e. The molecule has 0 fully saturated rings. The molecular weight excluding hydrogens is 298 g/mol. The van der Waals surface area contributed by atoms with Crippen LogP contribution in [0.1, 0.15) is 29.3 Å². The van der Waals surface area contributed by atoms with Crippen LogP contribution in [0, 0.1) is 13.8 Å². The van der Waals surface area contributed by atoms with E-state index in [1.165, 1.54) is 22.5 Å². The number of carbonyl (C=O) groups excluding carboxylic acids is 1. The molecule has 1 aromatic carbocycles. The van der Waals surface area contributed by atoms with Gasteiger partial charge in [-0.15, -0.1) is 11.3 Å². The summed E-state index contributed by atoms with van der Waals surface area (Å²) in [6.07, 6.45) is 1.94. The van der Waals surface area contributed by atoms with E-state index >= 15 is 0 Å². The number of aromatic nitrogens is 1. The van der Waals surface area contributed by atoms with Gasteiger partial charge < -0.3 is 4.74 Å². The van der Waals surface area contributed by atoms with Gasteiger partial charge in [0.05, 0.1) is 24.9 Å². The molecule has 2 rings (SSSR count). The number of benzene rings is 1. The van der Waals surface area contributed by atoms with Crippen molar-refractivity contribution in [1.29, 1.82) is 0 Å². The first kappa shape index (κ1) is 16.2. The Labute approximate surface area is 134 Å². The molecule has 0 radical (unpaired) electrons. The predicted octanol–water partition coefficient (Wildman–Crippen LogP) is 3.31. The molecule has 116 valence electrons. The number of carbonyl (C=O) groups is 1. The summed E-state index contributed by atoms with van der Waals surface area (Å²) in [6.45, 7) is 6.32. The summed E-state index contributed by atoms with van der Waals surface area (Å²) in [5.41, 5.74) is 7.08. The number of hydrazone groups is 1. The summed E-state index contributed by atoms with van der Waals surface area (Å²) in [7, 11) is 0. The normalized spacial score (nSPS) is 10.9. The summed E-state index contributed by atoms with van der Waals surface area (Å²) in [5.74, 6) is -0.266. The van der Waals surface area contributed by atoms with Crippen molar-refractivity contribution in [3.63, 3.8) is 0 Å². The number of nitrogens with one attached hydrogen (secondary N) is 1. The maximum absolute atomic E-state index is 11.4. The largest absolute Gasteiger partial charge is 0.466 e. The van der Waals surface area contributed by atoms with Crippen molar-refractivity contribution < 1.29 is 9.53 Å². The molecule has 0 saturated carbocycles. The van der Waals surface area contributed by atoms with Crippen LogP contribution in [0.15, 0.2) is 28.7 Å². The fraction of sp³-hybridized carbons (Fsp3) is 0.312. The zero-order valence-electron chi connectivity index (χ0n) is 12.9. The molecule has 0 saturated heterocycles. The minimum atomic E-state index is -0.266. The number of anilines is 1. The van der Waals surface area contributed by atoms with Crippen LogP contribution >= 0.6 is 11.3 Å². The SMILES string of the molecule is CCOC(=O)Cc1csc(NN=Cc2ccc(C)c(C)c2)n1. The number of hydrogen-bond donors (Lipinski definition) is 1. The van der Waals surface area contributed by atoms with E-state index in [9.17, 15) is 4.79 Å². The maximum atomic E-state index is 11.4. The molecular formula is C16H19N3O2S. The van der Waals surface area contributed by atoms with Crippen LogP contribution in [0.3, 0.4) is 0 Å². The Hall–Kier alpha value is -2.21. The first-order chi connectivity index (χ1) is 10.6. The molecule has 0 aliphatic carbocycles. The van der Waals surface area contributed by atoms with Gasteiger partial charge in [0.1, 0.15) is 0 Å². The van der Waals surface area contributed by atoms with E-state index in [0.717, 1.165) is 5.56 Å². The van der Waals surface area contributed by atoms with Gasteiger partial charge in [-0.05, 0) is 37.5 Å². The molecule has 0 bridgehead atoms. The highest BCUT2D eigenvalue weighted by atomic mass is 32.1. The quantitative estimate of drug-likeness (QED) is 0.504. The third-order valence-corrected chi connectivity index (χ3v) is 3.88. The molecule has 22 heavy (non-hydrogen) atoms. The average molecular weight is 317 g/mol. The van der Waals surface area contributed by atoms with Gasteiger partial charge in [-0.1, -0.05) is 18.2 Å². The monoisotopic (exact) mass is 317 g/mol. The number of rotatable bonds is 6. The van der Waals surface area contributed by atoms with Crippen LogP contribution in [-0.2, 0) is 16.0 Å². The lowest BCUT2D eigenvalue weighted by atomic mass is 10.1. The number of aryl methyl sites for hydroxylation is 2. The van der Waals surface area contributed by atoms with Crippen molar-refractivity contribution in [2.75, 3.05) is 12.0 Å². The lowest BCUT2D eigenvalue weighted by Gasteiger charge is -2.00. The molecule has 6 heteroatoms. The van der Waals surface area contributed by atoms with Gasteiger partial charge in [0.15, 0.2) is 0 Å². The first-order valence-electron chi connectivity index (χ1n) is 7.05. The highest BCUT2D eigenvalue weighted by Crippen LogP contribution is 2.16. The molecule has 1 aromatic heterocycles. The smallest absolute Gasteiger partial charge is 0.311 e. The Kier molecular flexibility index (Phi) is 5.66. The van der Waals surface area contributed by atoms with E-state index in [4.69, 9.17) is 4.74 Å². The Morgan fingerprint density at radius 1 is 1.41 bits per heavy atom. The number of esters is 1. The zero-order valence-corrected chi connectivity index (χ0v) is 13.7. The number of ether oxygens (including phenoxy) is 1. The Balaban J connectivity index is 1.91. The van der Waals surface area contributed by atoms with Crippen molar-refractivity contribution in [2.45, 2.75) is 27.2 Å². The lowest BCUT2D eigenvalue weighted by Crippen LogP contribution is -2.07. The van der Waals surface area contributed by atoms with E-state index in [-0.39, 0.29) is 12.4 Å². The molecule has 0 amide bonds. The third-order valence-electron chi connectivity index (χ3n) is 3.09. The second-order valence-corrected chi connectivity index (χ2v) is 5.70. The van der Waals surface area contributed by atoms with E-state index in [1.54, 1.807) is 13.1 Å². The lowest BCUT2D eigenvalue weighted by molar-refractivity contribution is -0.142. The Morgan fingerprint density at radius 3 is 2.95 bits per heavy atom. The second-order valence-electron chi connectivity index (χ2n) is 4.84. The average Bonchev–Trinajstić information content (AvgIpc) is 2.90. The zero-order chi connectivity index (χ0) is 15.9. The second kappa shape index (κ2) is 7.70. The Bertz CT molecular complexity index is 680. The van der Waals surface area contributed by atoms with Gasteiger partial charge in [-0.25, -0.2) is 4.98 Å². The van der Waals surface area contributed by atoms with Gasteiger partial charge in [-0.3, -0.25) is 10.2 Å². The van der Waals surface area contributed by atoms with Crippen LogP contribution < -0.4 is 5.43 Å². The van der Waals surface area contributed by atoms with Crippen molar-refractivity contribution >= 4 is 28.7 Å². The van der Waals surface area contributed by atoms with E-state index < -0.39 is 0 Å². The van der Waals surface area contributed by atoms with Gasteiger partial charge in [0.2, 0.25) is 5.13 Å². The molecule has 0 atom stereocenters. The van der Waals surface area contributed by atoms with Gasteiger partial charge >= 0.3 is 5.97 Å². The summed E-state index contributed by atoms with van der Waals surface area (Å²) >= 11 is 1.41. The van der Waals surface area contributed by atoms with E-state index in [0.29, 0.717) is 17.4 Å². The molecule has 5 nitrogen and oxygen atoms in total. The standard InChI is InChI=1S/C16H19N3O2S/c1-4-21-15(20)8-14-10-22-16(18-14)19-17-9-13-6-5-11(2)12(3)7-13/h5-7,9-10H,4,8H2,1-3H3,(H,18,19). The predicted molar refractivity (Wildman–Crippen MR) is 89.6 cm³/mol. The fourth-order valence-electron chi connectivity index (χ4n) is 1.81. The van der Waals surface area contributed by atoms with Gasteiger partial charge in [-0.2, -0.15) is 5.10 Å². The minimum absolute atomic E-state index is 0.187. The van der Waals surface area contributed by atoms with Crippen LogP contribution in [0.4, 0.5) is 5.13 Å². The number of hydrogen-bond acceptors (Lipinski definition) is 6. The van der Waals surface area contributed by atoms with Crippen molar-refractivity contribution in [3.05, 3.63) is 46.0 Å². The van der Waals surface area contributed by atoms with Crippen molar-refractivity contribution in [2.24, 2.45) is 5.10 Å². The molecule has 0 aliphatic rings. The number of nitrogens with zero attached hydrogens (tertiary/aromatic N) is 2.